The first-order chi connectivity index (χ1) is 9.47. The van der Waals surface area contributed by atoms with Crippen molar-refractivity contribution in [1.82, 2.24) is 9.97 Å². The second kappa shape index (κ2) is 6.08. The van der Waals surface area contributed by atoms with Gasteiger partial charge in [0.2, 0.25) is 0 Å². The number of nitrogens with one attached hydrogen (secondary N) is 1. The lowest BCUT2D eigenvalue weighted by Crippen LogP contribution is -2.23. The minimum atomic E-state index is -0.0735. The number of hydrogen-bond donors (Lipinski definition) is 1. The van der Waals surface area contributed by atoms with Gasteiger partial charge < -0.3 is 10.1 Å². The first kappa shape index (κ1) is 15.2. The molecule has 1 aromatic rings. The van der Waals surface area contributed by atoms with Crippen molar-refractivity contribution in [3.63, 3.8) is 0 Å². The predicted octanol–water partition coefficient (Wildman–Crippen LogP) is 3.52. The second-order valence-corrected chi connectivity index (χ2v) is 6.62. The van der Waals surface area contributed by atoms with Gasteiger partial charge in [-0.25, -0.2) is 9.97 Å². The van der Waals surface area contributed by atoms with E-state index in [0.29, 0.717) is 0 Å². The molecule has 0 fully saturated rings. The average molecular weight is 277 g/mol. The lowest BCUT2D eigenvalue weighted by atomic mass is 9.88. The summed E-state index contributed by atoms with van der Waals surface area (Å²) in [5, 5.41) is 3.46. The molecular weight excluding hydrogens is 250 g/mol. The van der Waals surface area contributed by atoms with Gasteiger partial charge in [0.15, 0.2) is 5.82 Å². The van der Waals surface area contributed by atoms with Gasteiger partial charge in [-0.2, -0.15) is 0 Å². The molecule has 1 aliphatic carbocycles. The molecule has 1 aromatic heterocycles. The summed E-state index contributed by atoms with van der Waals surface area (Å²) in [5.41, 5.74) is 2.51. The Balaban J connectivity index is 2.39. The Morgan fingerprint density at radius 2 is 2.00 bits per heavy atom. The Morgan fingerprint density at radius 3 is 2.60 bits per heavy atom. The van der Waals surface area contributed by atoms with Crippen LogP contribution >= 0.6 is 0 Å². The Kier molecular flexibility index (Phi) is 4.63. The van der Waals surface area contributed by atoms with Gasteiger partial charge in [0, 0.05) is 24.9 Å². The van der Waals surface area contributed by atoms with Crippen molar-refractivity contribution in [3.05, 3.63) is 17.1 Å². The zero-order valence-electron chi connectivity index (χ0n) is 13.4. The summed E-state index contributed by atoms with van der Waals surface area (Å²) in [4.78, 5) is 9.56. The number of nitrogens with zero attached hydrogens (tertiary/aromatic N) is 2. The molecule has 0 radical (unpaired) electrons. The number of hydrogen-bond acceptors (Lipinski definition) is 4. The zero-order valence-corrected chi connectivity index (χ0v) is 13.4. The standard InChI is InChI=1S/C16H27N3O/c1-6-10-17-14-11-8-7-9-12(11)18-15(19-14)13(20-5)16(2,3)4/h13H,6-10H2,1-5H3,(H,17,18,19). The molecule has 0 amide bonds. The van der Waals surface area contributed by atoms with E-state index < -0.39 is 0 Å². The molecule has 0 saturated carbocycles. The van der Waals surface area contributed by atoms with Crippen LogP contribution in [0.3, 0.4) is 0 Å². The number of aromatic nitrogens is 2. The highest BCUT2D eigenvalue weighted by atomic mass is 16.5. The van der Waals surface area contributed by atoms with Crippen LogP contribution in [0.25, 0.3) is 0 Å². The molecule has 20 heavy (non-hydrogen) atoms. The van der Waals surface area contributed by atoms with Crippen LogP contribution in [0.15, 0.2) is 0 Å². The number of methoxy groups -OCH3 is 1. The summed E-state index contributed by atoms with van der Waals surface area (Å²) in [6, 6.07) is 0. The summed E-state index contributed by atoms with van der Waals surface area (Å²) in [5.74, 6) is 1.84. The smallest absolute Gasteiger partial charge is 0.160 e. The van der Waals surface area contributed by atoms with Crippen molar-refractivity contribution < 1.29 is 4.74 Å². The first-order valence-corrected chi connectivity index (χ1v) is 7.63. The van der Waals surface area contributed by atoms with Crippen LogP contribution in [0.5, 0.6) is 0 Å². The molecule has 1 atom stereocenters. The largest absolute Gasteiger partial charge is 0.373 e. The van der Waals surface area contributed by atoms with Crippen LogP contribution < -0.4 is 5.32 Å². The highest BCUT2D eigenvalue weighted by Crippen LogP contribution is 2.36. The van der Waals surface area contributed by atoms with Gasteiger partial charge in [0.25, 0.3) is 0 Å². The Labute approximate surface area is 122 Å². The highest BCUT2D eigenvalue weighted by molar-refractivity contribution is 5.49. The van der Waals surface area contributed by atoms with Crippen molar-refractivity contribution in [2.24, 2.45) is 5.41 Å². The van der Waals surface area contributed by atoms with Crippen LogP contribution in [0.2, 0.25) is 0 Å². The number of ether oxygens (including phenoxy) is 1. The lowest BCUT2D eigenvalue weighted by Gasteiger charge is -2.28. The fourth-order valence-corrected chi connectivity index (χ4v) is 2.80. The normalized spacial score (nSPS) is 16.1. The Morgan fingerprint density at radius 1 is 1.25 bits per heavy atom. The maximum atomic E-state index is 5.67. The summed E-state index contributed by atoms with van der Waals surface area (Å²) < 4.78 is 5.67. The molecule has 0 bridgehead atoms. The highest BCUT2D eigenvalue weighted by Gasteiger charge is 2.31. The van der Waals surface area contributed by atoms with Crippen LogP contribution in [-0.2, 0) is 17.6 Å². The van der Waals surface area contributed by atoms with Crippen LogP contribution in [-0.4, -0.2) is 23.6 Å². The summed E-state index contributed by atoms with van der Waals surface area (Å²) in [6.45, 7) is 9.61. The number of rotatable bonds is 5. The fraction of sp³-hybridized carbons (Fsp3) is 0.750. The maximum Gasteiger partial charge on any atom is 0.160 e. The minimum Gasteiger partial charge on any atom is -0.373 e. The average Bonchev–Trinajstić information content (AvgIpc) is 2.83. The van der Waals surface area contributed by atoms with E-state index in [0.717, 1.165) is 37.4 Å². The van der Waals surface area contributed by atoms with E-state index in [-0.39, 0.29) is 11.5 Å². The van der Waals surface area contributed by atoms with Crippen LogP contribution in [0, 0.1) is 5.41 Å². The molecule has 1 N–H and O–H groups in total. The zero-order chi connectivity index (χ0) is 14.8. The second-order valence-electron chi connectivity index (χ2n) is 6.62. The van der Waals surface area contributed by atoms with E-state index in [9.17, 15) is 0 Å². The van der Waals surface area contributed by atoms with E-state index in [1.54, 1.807) is 7.11 Å². The third-order valence-electron chi connectivity index (χ3n) is 3.75. The van der Waals surface area contributed by atoms with E-state index in [2.05, 4.69) is 33.0 Å². The van der Waals surface area contributed by atoms with Gasteiger partial charge in [0.1, 0.15) is 11.9 Å². The molecule has 0 spiro atoms. The summed E-state index contributed by atoms with van der Waals surface area (Å²) >= 11 is 0. The van der Waals surface area contributed by atoms with E-state index in [4.69, 9.17) is 14.7 Å². The molecule has 2 rings (SSSR count). The molecule has 1 aliphatic rings. The monoisotopic (exact) mass is 277 g/mol. The molecular formula is C16H27N3O. The summed E-state index contributed by atoms with van der Waals surface area (Å²) in [6.07, 6.45) is 4.36. The van der Waals surface area contributed by atoms with Gasteiger partial charge in [-0.05, 0) is 31.1 Å². The predicted molar refractivity (Wildman–Crippen MR) is 82.0 cm³/mol. The lowest BCUT2D eigenvalue weighted by molar-refractivity contribution is 0.00862. The molecule has 4 heteroatoms. The molecule has 112 valence electrons. The fourth-order valence-electron chi connectivity index (χ4n) is 2.80. The molecule has 1 unspecified atom stereocenters. The molecule has 0 saturated heterocycles. The molecule has 0 aliphatic heterocycles. The van der Waals surface area contributed by atoms with Crippen molar-refractivity contribution >= 4 is 5.82 Å². The van der Waals surface area contributed by atoms with Gasteiger partial charge in [-0.15, -0.1) is 0 Å². The topological polar surface area (TPSA) is 47.0 Å². The Bertz CT molecular complexity index is 466. The minimum absolute atomic E-state index is 0.0103. The van der Waals surface area contributed by atoms with Crippen molar-refractivity contribution in [1.29, 1.82) is 0 Å². The quantitative estimate of drug-likeness (QED) is 0.894. The molecule has 4 nitrogen and oxygen atoms in total. The van der Waals surface area contributed by atoms with E-state index in [1.807, 2.05) is 0 Å². The van der Waals surface area contributed by atoms with E-state index in [1.165, 1.54) is 17.7 Å². The van der Waals surface area contributed by atoms with Crippen molar-refractivity contribution in [3.8, 4) is 0 Å². The van der Waals surface area contributed by atoms with Gasteiger partial charge in [0.05, 0.1) is 0 Å². The van der Waals surface area contributed by atoms with Gasteiger partial charge >= 0.3 is 0 Å². The molecule has 0 aromatic carbocycles. The van der Waals surface area contributed by atoms with Gasteiger partial charge in [-0.1, -0.05) is 27.7 Å². The summed E-state index contributed by atoms with van der Waals surface area (Å²) in [7, 11) is 1.74. The van der Waals surface area contributed by atoms with Crippen LogP contribution in [0.4, 0.5) is 5.82 Å². The van der Waals surface area contributed by atoms with E-state index >= 15 is 0 Å². The maximum absolute atomic E-state index is 5.67. The van der Waals surface area contributed by atoms with Crippen molar-refractivity contribution in [2.75, 3.05) is 19.0 Å². The number of fused-ring (bicyclic) bond motifs is 1. The first-order valence-electron chi connectivity index (χ1n) is 7.63. The number of anilines is 1. The van der Waals surface area contributed by atoms with Crippen molar-refractivity contribution in [2.45, 2.75) is 59.5 Å². The Hall–Kier alpha value is -1.16. The van der Waals surface area contributed by atoms with Crippen LogP contribution in [0.1, 0.15) is 63.7 Å². The van der Waals surface area contributed by atoms with Gasteiger partial charge in [-0.3, -0.25) is 0 Å². The SMILES string of the molecule is CCCNc1nc(C(OC)C(C)(C)C)nc2c1CCC2. The number of aryl methyl sites for hydroxylation is 1. The third-order valence-corrected chi connectivity index (χ3v) is 3.75. The molecule has 1 heterocycles. The third kappa shape index (κ3) is 3.11.